The van der Waals surface area contributed by atoms with Crippen LogP contribution in [0.25, 0.3) is 22.8 Å². The molecule has 0 atom stereocenters. The number of nitrogens with two attached hydrogens (primary N) is 1. The second kappa shape index (κ2) is 25.7. The summed E-state index contributed by atoms with van der Waals surface area (Å²) in [4.78, 5) is 41.8. The third-order valence-corrected chi connectivity index (χ3v) is 16.6. The van der Waals surface area contributed by atoms with Crippen LogP contribution in [0.3, 0.4) is 0 Å². The molecule has 414 valence electrons. The Morgan fingerprint density at radius 3 is 1.38 bits per heavy atom. The fourth-order valence-corrected chi connectivity index (χ4v) is 12.6. The molecule has 15 heteroatoms. The minimum Gasteiger partial charge on any atom is -0.506 e. The number of hydrogen-bond donors (Lipinski definition) is 3. The molecular weight excluding hydrogens is 1070 g/mol. The molecule has 0 saturated carbocycles. The van der Waals surface area contributed by atoms with Gasteiger partial charge < -0.3 is 35.4 Å². The first-order valence-corrected chi connectivity index (χ1v) is 29.1. The Morgan fingerprint density at radius 2 is 0.938 bits per heavy atom. The van der Waals surface area contributed by atoms with Gasteiger partial charge in [0.2, 0.25) is 0 Å². The zero-order valence-electron chi connectivity index (χ0n) is 45.6. The topological polar surface area (TPSA) is 156 Å². The Kier molecular flexibility index (Phi) is 18.1. The largest absolute Gasteiger partial charge is 0.506 e. The van der Waals surface area contributed by atoms with E-state index in [-0.39, 0.29) is 17.9 Å². The van der Waals surface area contributed by atoms with Crippen LogP contribution in [-0.4, -0.2) is 94.5 Å². The number of fused-ring (bicyclic) bond motifs is 6. The lowest BCUT2D eigenvalue weighted by Gasteiger charge is -2.29. The minimum absolute atomic E-state index is 0.184. The van der Waals surface area contributed by atoms with Gasteiger partial charge in [0, 0.05) is 64.2 Å². The Morgan fingerprint density at radius 1 is 0.550 bits per heavy atom. The van der Waals surface area contributed by atoms with E-state index in [9.17, 15) is 14.7 Å². The molecule has 80 heavy (non-hydrogen) atoms. The molecule has 0 bridgehead atoms. The van der Waals surface area contributed by atoms with Crippen molar-refractivity contribution in [2.24, 2.45) is 0 Å². The molecule has 6 aromatic rings. The van der Waals surface area contributed by atoms with Gasteiger partial charge in [0.15, 0.2) is 0 Å². The van der Waals surface area contributed by atoms with Crippen molar-refractivity contribution in [2.45, 2.75) is 90.9 Å². The number of amides is 2. The maximum absolute atomic E-state index is 12.1. The van der Waals surface area contributed by atoms with Crippen LogP contribution in [0.4, 0.5) is 15.3 Å². The Bertz CT molecular complexity index is 3170. The molecule has 6 aliphatic rings. The first kappa shape index (κ1) is 56.3. The highest BCUT2D eigenvalue weighted by Gasteiger charge is 2.30. The van der Waals surface area contributed by atoms with Gasteiger partial charge in [-0.25, -0.2) is 9.59 Å². The van der Waals surface area contributed by atoms with Crippen LogP contribution in [0.15, 0.2) is 115 Å². The van der Waals surface area contributed by atoms with Crippen molar-refractivity contribution >= 4 is 75.5 Å². The number of rotatable bonds is 3. The molecule has 3 aliphatic carbocycles. The number of aromatic hydroxyl groups is 1. The number of carbonyl (C=O) groups excluding carboxylic acids is 2. The van der Waals surface area contributed by atoms with Crippen LogP contribution in [0, 0.1) is 0 Å². The highest BCUT2D eigenvalue weighted by Crippen LogP contribution is 2.42. The fraction of sp³-hybridized carbons (Fsp3) is 0.338. The van der Waals surface area contributed by atoms with Gasteiger partial charge in [0.1, 0.15) is 5.75 Å². The van der Waals surface area contributed by atoms with Crippen LogP contribution in [0.5, 0.6) is 5.75 Å². The van der Waals surface area contributed by atoms with Crippen molar-refractivity contribution < 1.29 is 24.2 Å². The number of carbonyl (C=O) groups is 2. The van der Waals surface area contributed by atoms with E-state index >= 15 is 0 Å². The molecule has 3 aliphatic heterocycles. The molecule has 2 amide bonds. The summed E-state index contributed by atoms with van der Waals surface area (Å²) in [5.41, 5.74) is 29.6. The van der Waals surface area contributed by atoms with Crippen LogP contribution in [0.2, 0.25) is 15.1 Å². The predicted molar refractivity (Wildman–Crippen MR) is 321 cm³/mol. The normalized spacial score (nSPS) is 16.5. The number of aromatic nitrogens is 3. The summed E-state index contributed by atoms with van der Waals surface area (Å²) < 4.78 is 10.3. The van der Waals surface area contributed by atoms with Crippen molar-refractivity contribution in [2.75, 3.05) is 58.2 Å². The smallest absolute Gasteiger partial charge is 0.409 e. The molecule has 0 radical (unpaired) electrons. The predicted octanol–water partition coefficient (Wildman–Crippen LogP) is 13.7. The van der Waals surface area contributed by atoms with E-state index in [0.717, 1.165) is 145 Å². The SMILES string of the molecule is C=Cc1cnc2c(c1)CCc1cc(Cl)ccc1C2=C1CCNCC1.CCOC(=O)N1CCC(=C2c3ccc(Cl)cc3CCc3cc(N)cnc32)CC1.CCOC(=O)N1CCC(=C2c3ccc(Cl)cc3CCc3cc(O)cnc32)CC1. The molecule has 12 rings (SSSR count). The van der Waals surface area contributed by atoms with Gasteiger partial charge in [-0.2, -0.15) is 0 Å². The van der Waals surface area contributed by atoms with E-state index in [2.05, 4.69) is 53.3 Å². The number of ether oxygens (including phenoxy) is 2. The average molecular weight is 1130 g/mol. The summed E-state index contributed by atoms with van der Waals surface area (Å²) in [6.45, 7) is 13.0. The maximum atomic E-state index is 12.1. The van der Waals surface area contributed by atoms with Crippen molar-refractivity contribution in [3.63, 3.8) is 0 Å². The summed E-state index contributed by atoms with van der Waals surface area (Å²) in [5.74, 6) is 0.184. The number of nitrogens with one attached hydrogen (secondary N) is 1. The first-order valence-electron chi connectivity index (χ1n) is 28.0. The van der Waals surface area contributed by atoms with E-state index in [1.807, 2.05) is 62.5 Å². The molecule has 3 aromatic heterocycles. The zero-order chi connectivity index (χ0) is 55.9. The Balaban J connectivity index is 0.000000135. The van der Waals surface area contributed by atoms with Gasteiger partial charge in [-0.1, -0.05) is 82.4 Å². The lowest BCUT2D eigenvalue weighted by Crippen LogP contribution is -2.37. The highest BCUT2D eigenvalue weighted by molar-refractivity contribution is 6.31. The number of pyridine rings is 3. The van der Waals surface area contributed by atoms with Gasteiger partial charge in [-0.15, -0.1) is 0 Å². The number of anilines is 1. The van der Waals surface area contributed by atoms with E-state index in [4.69, 9.17) is 60.0 Å². The third-order valence-electron chi connectivity index (χ3n) is 15.9. The molecule has 3 saturated heterocycles. The molecule has 0 unspecified atom stereocenters. The molecule has 3 fully saturated rings. The minimum atomic E-state index is -0.247. The van der Waals surface area contributed by atoms with Crippen LogP contribution < -0.4 is 11.1 Å². The van der Waals surface area contributed by atoms with E-state index in [0.29, 0.717) is 45.1 Å². The number of piperidine rings is 3. The Labute approximate surface area is 484 Å². The number of aryl methyl sites for hydroxylation is 6. The van der Waals surface area contributed by atoms with Crippen LogP contribution in [0.1, 0.15) is 125 Å². The van der Waals surface area contributed by atoms with Gasteiger partial charge >= 0.3 is 12.2 Å². The van der Waals surface area contributed by atoms with Gasteiger partial charge in [-0.3, -0.25) is 15.0 Å². The molecule has 0 spiro atoms. The van der Waals surface area contributed by atoms with Gasteiger partial charge in [-0.05, 0) is 214 Å². The van der Waals surface area contributed by atoms with Crippen LogP contribution in [-0.2, 0) is 48.0 Å². The van der Waals surface area contributed by atoms with E-state index in [1.54, 1.807) is 16.0 Å². The maximum Gasteiger partial charge on any atom is 0.409 e. The zero-order valence-corrected chi connectivity index (χ0v) is 47.9. The summed E-state index contributed by atoms with van der Waals surface area (Å²) >= 11 is 18.8. The van der Waals surface area contributed by atoms with Crippen LogP contribution >= 0.6 is 34.8 Å². The fourth-order valence-electron chi connectivity index (χ4n) is 12.0. The molecule has 12 nitrogen and oxygen atoms in total. The summed E-state index contributed by atoms with van der Waals surface area (Å²) in [7, 11) is 0. The third kappa shape index (κ3) is 12.6. The quantitative estimate of drug-likeness (QED) is 0.156. The van der Waals surface area contributed by atoms with Crippen molar-refractivity contribution in [1.82, 2.24) is 30.1 Å². The van der Waals surface area contributed by atoms with Crippen molar-refractivity contribution in [1.29, 1.82) is 0 Å². The molecule has 3 aromatic carbocycles. The van der Waals surface area contributed by atoms with Gasteiger partial charge in [0.25, 0.3) is 0 Å². The lowest BCUT2D eigenvalue weighted by molar-refractivity contribution is 0.103. The first-order chi connectivity index (χ1) is 38.9. The lowest BCUT2D eigenvalue weighted by atomic mass is 9.88. The number of benzene rings is 3. The van der Waals surface area contributed by atoms with Gasteiger partial charge in [0.05, 0.1) is 48.4 Å². The molecular formula is C65H68Cl3N7O5. The van der Waals surface area contributed by atoms with E-state index in [1.165, 1.54) is 73.0 Å². The number of hydrogen-bond acceptors (Lipinski definition) is 10. The standard InChI is InChI=1S/C22H24ClN3O2.C22H23ClN2O3.C21H21ClN2/c1-2-28-22(27)26-9-7-14(8-10-26)20-19-6-5-17(23)11-15(19)3-4-16-12-18(24)13-25-21(16)20;1-2-28-22(27)25-9-7-14(8-10-25)20-19-6-5-17(23)11-15(19)3-4-16-12-18(26)13-24-21(16)20;1-2-14-11-17-4-3-16-12-18(22)5-6-19(16)20(21(17)24-13-14)15-7-9-23-10-8-15/h5-6,11-13H,2-4,7-10,24H2,1H3;5-6,11-13,26H,2-4,7-10H2,1H3;2,5-6,11-13,23H,1,3-4,7-10H2. The van der Waals surface area contributed by atoms with Crippen molar-refractivity contribution in [3.05, 3.63) is 202 Å². The number of nitrogen functional groups attached to an aromatic ring is 1. The number of halogens is 3. The van der Waals surface area contributed by atoms with E-state index < -0.39 is 0 Å². The molecule has 6 heterocycles. The number of nitrogens with zero attached hydrogens (tertiary/aromatic N) is 5. The summed E-state index contributed by atoms with van der Waals surface area (Å²) in [6.07, 6.45) is 17.3. The summed E-state index contributed by atoms with van der Waals surface area (Å²) in [6, 6.07) is 24.5. The second-order valence-electron chi connectivity index (χ2n) is 20.9. The average Bonchev–Trinajstić information content (AvgIpc) is 4.07. The second-order valence-corrected chi connectivity index (χ2v) is 22.2. The Hall–Kier alpha value is -6.96. The van der Waals surface area contributed by atoms with Crippen molar-refractivity contribution in [3.8, 4) is 5.75 Å². The number of likely N-dealkylation sites (tertiary alicyclic amines) is 2. The highest BCUT2D eigenvalue weighted by atomic mass is 35.5. The summed E-state index contributed by atoms with van der Waals surface area (Å²) in [5, 5.41) is 15.7. The molecule has 4 N–H and O–H groups in total. The monoisotopic (exact) mass is 1130 g/mol.